The number of aromatic nitrogens is 4. The Balaban J connectivity index is 1.70. The third-order valence-corrected chi connectivity index (χ3v) is 4.80. The number of methoxy groups -OCH3 is 1. The molecule has 0 aliphatic carbocycles. The summed E-state index contributed by atoms with van der Waals surface area (Å²) in [4.78, 5) is 27.4. The lowest BCUT2D eigenvalue weighted by Gasteiger charge is -2.32. The normalized spacial score (nSPS) is 17.7. The first kappa shape index (κ1) is 17.5. The molecule has 7 heteroatoms. The van der Waals surface area contributed by atoms with Gasteiger partial charge in [0.15, 0.2) is 0 Å². The minimum Gasteiger partial charge on any atom is -0.375 e. The Morgan fingerprint density at radius 1 is 1.36 bits per heavy atom. The summed E-state index contributed by atoms with van der Waals surface area (Å²) in [5.41, 5.74) is 2.76. The van der Waals surface area contributed by atoms with Crippen LogP contribution in [0.3, 0.4) is 0 Å². The highest BCUT2D eigenvalue weighted by Gasteiger charge is 2.24. The fraction of sp³-hybridized carbons (Fsp3) is 0.556. The van der Waals surface area contributed by atoms with Gasteiger partial charge in [0.2, 0.25) is 5.91 Å². The minimum atomic E-state index is 0.0670. The predicted octanol–water partition coefficient (Wildman–Crippen LogP) is 1.61. The maximum atomic E-state index is 12.0. The van der Waals surface area contributed by atoms with E-state index in [-0.39, 0.29) is 12.5 Å². The van der Waals surface area contributed by atoms with E-state index in [1.165, 1.54) is 0 Å². The van der Waals surface area contributed by atoms with Crippen LogP contribution < -0.4 is 0 Å². The van der Waals surface area contributed by atoms with Crippen LogP contribution in [-0.4, -0.2) is 57.1 Å². The zero-order chi connectivity index (χ0) is 17.8. The fourth-order valence-electron chi connectivity index (χ4n) is 3.34. The van der Waals surface area contributed by atoms with Gasteiger partial charge in [0.1, 0.15) is 18.1 Å². The van der Waals surface area contributed by atoms with Gasteiger partial charge in [-0.05, 0) is 32.1 Å². The molecule has 2 aromatic heterocycles. The summed E-state index contributed by atoms with van der Waals surface area (Å²) in [5.74, 6) is 1.42. The van der Waals surface area contributed by atoms with E-state index in [1.807, 2.05) is 35.8 Å². The highest BCUT2D eigenvalue weighted by atomic mass is 16.5. The lowest BCUT2D eigenvalue weighted by Crippen LogP contribution is -2.42. The zero-order valence-corrected chi connectivity index (χ0v) is 15.1. The molecule has 0 aromatic carbocycles. The molecule has 1 amide bonds. The average Bonchev–Trinajstić information content (AvgIpc) is 2.95. The Morgan fingerprint density at radius 3 is 2.92 bits per heavy atom. The first-order valence-electron chi connectivity index (χ1n) is 8.64. The van der Waals surface area contributed by atoms with Crippen molar-refractivity contribution in [3.63, 3.8) is 0 Å². The number of carbonyl (C=O) groups is 1. The summed E-state index contributed by atoms with van der Waals surface area (Å²) in [6, 6.07) is 0. The Hall–Kier alpha value is -2.28. The number of carbonyl (C=O) groups excluding carboxylic acids is 1. The molecular formula is C18H25N5O2. The van der Waals surface area contributed by atoms with E-state index in [9.17, 15) is 4.79 Å². The average molecular weight is 343 g/mol. The maximum absolute atomic E-state index is 12.0. The highest BCUT2D eigenvalue weighted by Crippen LogP contribution is 2.22. The van der Waals surface area contributed by atoms with E-state index in [0.29, 0.717) is 5.92 Å². The summed E-state index contributed by atoms with van der Waals surface area (Å²) >= 11 is 0. The molecule has 1 fully saturated rings. The molecule has 3 heterocycles. The second-order valence-corrected chi connectivity index (χ2v) is 6.63. The Labute approximate surface area is 148 Å². The summed E-state index contributed by atoms with van der Waals surface area (Å²) in [5, 5.41) is 0. The summed E-state index contributed by atoms with van der Waals surface area (Å²) in [7, 11) is 3.53. The maximum Gasteiger partial charge on any atom is 0.248 e. The summed E-state index contributed by atoms with van der Waals surface area (Å²) in [6.07, 6.45) is 8.38. The van der Waals surface area contributed by atoms with E-state index >= 15 is 0 Å². The molecule has 134 valence electrons. The van der Waals surface area contributed by atoms with Crippen molar-refractivity contribution in [2.24, 2.45) is 13.0 Å². The molecule has 0 bridgehead atoms. The number of imidazole rings is 1. The van der Waals surface area contributed by atoms with Crippen LogP contribution in [0, 0.1) is 12.8 Å². The van der Waals surface area contributed by atoms with Gasteiger partial charge in [-0.15, -0.1) is 0 Å². The Bertz CT molecular complexity index is 743. The molecule has 0 radical (unpaired) electrons. The molecule has 1 aliphatic rings. The molecule has 1 atom stereocenters. The molecule has 0 spiro atoms. The monoisotopic (exact) mass is 343 g/mol. The smallest absolute Gasteiger partial charge is 0.248 e. The topological polar surface area (TPSA) is 73.1 Å². The first-order chi connectivity index (χ1) is 12.1. The van der Waals surface area contributed by atoms with Crippen molar-refractivity contribution in [3.05, 3.63) is 30.1 Å². The van der Waals surface area contributed by atoms with Crippen molar-refractivity contribution in [1.82, 2.24) is 24.4 Å². The molecule has 3 rings (SSSR count). The number of ether oxygens (including phenoxy) is 1. The second kappa shape index (κ2) is 7.74. The van der Waals surface area contributed by atoms with Crippen LogP contribution in [0.2, 0.25) is 0 Å². The van der Waals surface area contributed by atoms with Crippen LogP contribution in [0.15, 0.2) is 18.6 Å². The van der Waals surface area contributed by atoms with Gasteiger partial charge in [0.05, 0.1) is 23.8 Å². The van der Waals surface area contributed by atoms with E-state index in [0.717, 1.165) is 55.3 Å². The third kappa shape index (κ3) is 4.04. The second-order valence-electron chi connectivity index (χ2n) is 6.63. The number of aryl methyl sites for hydroxylation is 1. The number of rotatable bonds is 5. The van der Waals surface area contributed by atoms with Crippen molar-refractivity contribution < 1.29 is 9.53 Å². The van der Waals surface area contributed by atoms with Gasteiger partial charge in [-0.3, -0.25) is 9.78 Å². The lowest BCUT2D eigenvalue weighted by molar-refractivity contribution is -0.136. The summed E-state index contributed by atoms with van der Waals surface area (Å²) < 4.78 is 6.98. The van der Waals surface area contributed by atoms with Crippen LogP contribution in [0.5, 0.6) is 0 Å². The molecule has 7 nitrogen and oxygen atoms in total. The first-order valence-corrected chi connectivity index (χ1v) is 8.64. The van der Waals surface area contributed by atoms with E-state index < -0.39 is 0 Å². The highest BCUT2D eigenvalue weighted by molar-refractivity contribution is 5.77. The standard InChI is InChI=1S/C18H25N5O2/c1-13-20-10-17(22(13)2)16-9-19-8-15(21-16)7-14-5-4-6-23(11-14)18(24)12-25-3/h8-10,14H,4-7,11-12H2,1-3H3/t14-/m1/s1. The number of piperidine rings is 1. The van der Waals surface area contributed by atoms with E-state index in [4.69, 9.17) is 9.72 Å². The number of likely N-dealkylation sites (tertiary alicyclic amines) is 1. The van der Waals surface area contributed by atoms with Gasteiger partial charge in [-0.25, -0.2) is 9.97 Å². The molecular weight excluding hydrogens is 318 g/mol. The van der Waals surface area contributed by atoms with Crippen molar-refractivity contribution >= 4 is 5.91 Å². The Morgan fingerprint density at radius 2 is 2.20 bits per heavy atom. The molecule has 0 unspecified atom stereocenters. The minimum absolute atomic E-state index is 0.0670. The van der Waals surface area contributed by atoms with Crippen LogP contribution >= 0.6 is 0 Å². The molecule has 1 saturated heterocycles. The van der Waals surface area contributed by atoms with Crippen LogP contribution in [-0.2, 0) is 23.0 Å². The van der Waals surface area contributed by atoms with Gasteiger partial charge >= 0.3 is 0 Å². The predicted molar refractivity (Wildman–Crippen MR) is 93.9 cm³/mol. The molecule has 0 saturated carbocycles. The Kier molecular flexibility index (Phi) is 5.43. The van der Waals surface area contributed by atoms with Crippen molar-refractivity contribution in [2.45, 2.75) is 26.2 Å². The SMILES string of the molecule is COCC(=O)N1CCC[C@H](Cc2cncc(-c3cnc(C)n3C)n2)C1. The van der Waals surface area contributed by atoms with Gasteiger partial charge in [-0.1, -0.05) is 0 Å². The number of hydrogen-bond donors (Lipinski definition) is 0. The van der Waals surface area contributed by atoms with E-state index in [1.54, 1.807) is 13.3 Å². The van der Waals surface area contributed by atoms with Crippen molar-refractivity contribution in [3.8, 4) is 11.4 Å². The van der Waals surface area contributed by atoms with Crippen LogP contribution in [0.25, 0.3) is 11.4 Å². The number of nitrogens with zero attached hydrogens (tertiary/aromatic N) is 5. The van der Waals surface area contributed by atoms with Crippen molar-refractivity contribution in [2.75, 3.05) is 26.8 Å². The fourth-order valence-corrected chi connectivity index (χ4v) is 3.34. The van der Waals surface area contributed by atoms with Crippen molar-refractivity contribution in [1.29, 1.82) is 0 Å². The lowest BCUT2D eigenvalue weighted by atomic mass is 9.93. The zero-order valence-electron chi connectivity index (χ0n) is 15.1. The van der Waals surface area contributed by atoms with Gasteiger partial charge in [0.25, 0.3) is 0 Å². The van der Waals surface area contributed by atoms with E-state index in [2.05, 4.69) is 9.97 Å². The molecule has 2 aromatic rings. The summed E-state index contributed by atoms with van der Waals surface area (Å²) in [6.45, 7) is 3.70. The number of amides is 1. The third-order valence-electron chi connectivity index (χ3n) is 4.80. The molecule has 25 heavy (non-hydrogen) atoms. The quantitative estimate of drug-likeness (QED) is 0.825. The largest absolute Gasteiger partial charge is 0.375 e. The van der Waals surface area contributed by atoms with Gasteiger partial charge in [-0.2, -0.15) is 0 Å². The van der Waals surface area contributed by atoms with Crippen LogP contribution in [0.1, 0.15) is 24.4 Å². The van der Waals surface area contributed by atoms with Crippen LogP contribution in [0.4, 0.5) is 0 Å². The van der Waals surface area contributed by atoms with Gasteiger partial charge < -0.3 is 14.2 Å². The number of hydrogen-bond acceptors (Lipinski definition) is 5. The molecule has 0 N–H and O–H groups in total. The molecule has 1 aliphatic heterocycles. The van der Waals surface area contributed by atoms with Gasteiger partial charge in [0, 0.05) is 33.4 Å².